The number of sulfone groups is 1. The van der Waals surface area contributed by atoms with Gasteiger partial charge in [-0.3, -0.25) is 9.69 Å². The van der Waals surface area contributed by atoms with Gasteiger partial charge < -0.3 is 10.2 Å². The van der Waals surface area contributed by atoms with Gasteiger partial charge >= 0.3 is 5.51 Å². The van der Waals surface area contributed by atoms with Crippen LogP contribution in [0.1, 0.15) is 6.92 Å². The van der Waals surface area contributed by atoms with Gasteiger partial charge in [-0.2, -0.15) is 13.2 Å². The van der Waals surface area contributed by atoms with Crippen LogP contribution in [0.15, 0.2) is 23.1 Å². The van der Waals surface area contributed by atoms with Gasteiger partial charge in [0, 0.05) is 46.2 Å². The van der Waals surface area contributed by atoms with Crippen LogP contribution in [-0.2, 0) is 14.6 Å². The summed E-state index contributed by atoms with van der Waals surface area (Å²) >= 11 is 0. The van der Waals surface area contributed by atoms with Crippen molar-refractivity contribution in [2.45, 2.75) is 17.3 Å². The van der Waals surface area contributed by atoms with E-state index in [4.69, 9.17) is 0 Å². The highest BCUT2D eigenvalue weighted by atomic mass is 32.2. The minimum atomic E-state index is -5.66. The molecule has 2 rings (SSSR count). The molecule has 11 heteroatoms. The third kappa shape index (κ3) is 4.64. The van der Waals surface area contributed by atoms with Gasteiger partial charge in [0.2, 0.25) is 5.91 Å². The molecule has 0 aromatic heterocycles. The molecule has 0 radical (unpaired) electrons. The summed E-state index contributed by atoms with van der Waals surface area (Å²) in [5.41, 5.74) is -5.81. The first kappa shape index (κ1) is 20.4. The quantitative estimate of drug-likeness (QED) is 0.766. The topological polar surface area (TPSA) is 69.7 Å². The minimum Gasteiger partial charge on any atom is -0.383 e. The first-order valence-electron chi connectivity index (χ1n) is 7.85. The highest BCUT2D eigenvalue weighted by Gasteiger charge is 2.48. The average molecular weight is 397 g/mol. The fourth-order valence-corrected chi connectivity index (χ4v) is 3.57. The molecule has 26 heavy (non-hydrogen) atoms. The van der Waals surface area contributed by atoms with E-state index in [1.54, 1.807) is 4.90 Å². The van der Waals surface area contributed by atoms with Gasteiger partial charge in [-0.25, -0.2) is 12.8 Å². The molecule has 0 unspecified atom stereocenters. The Morgan fingerprint density at radius 2 is 1.81 bits per heavy atom. The lowest BCUT2D eigenvalue weighted by Gasteiger charge is -2.34. The van der Waals surface area contributed by atoms with Gasteiger partial charge in [0.05, 0.1) is 5.69 Å². The molecule has 1 aliphatic rings. The number of nitrogens with one attached hydrogen (secondary N) is 1. The van der Waals surface area contributed by atoms with E-state index >= 15 is 0 Å². The molecule has 1 N–H and O–H groups in total. The fraction of sp³-hybridized carbons (Fsp3) is 0.533. The molecule has 1 aromatic rings. The van der Waals surface area contributed by atoms with Crippen molar-refractivity contribution < 1.29 is 30.8 Å². The zero-order valence-electron chi connectivity index (χ0n) is 14.0. The predicted molar refractivity (Wildman–Crippen MR) is 86.8 cm³/mol. The van der Waals surface area contributed by atoms with Crippen molar-refractivity contribution in [1.29, 1.82) is 0 Å². The van der Waals surface area contributed by atoms with Crippen LogP contribution in [0.25, 0.3) is 0 Å². The number of halogens is 4. The van der Waals surface area contributed by atoms with Gasteiger partial charge in [-0.05, 0) is 18.2 Å². The zero-order valence-corrected chi connectivity index (χ0v) is 14.8. The maximum atomic E-state index is 13.3. The number of rotatable bonds is 5. The summed E-state index contributed by atoms with van der Waals surface area (Å²) in [6.45, 7) is 4.42. The lowest BCUT2D eigenvalue weighted by molar-refractivity contribution is -0.130. The van der Waals surface area contributed by atoms with E-state index in [9.17, 15) is 30.8 Å². The Balaban J connectivity index is 2.02. The van der Waals surface area contributed by atoms with Gasteiger partial charge in [0.15, 0.2) is 0 Å². The lowest BCUT2D eigenvalue weighted by Crippen LogP contribution is -2.49. The van der Waals surface area contributed by atoms with Crippen LogP contribution in [0.2, 0.25) is 0 Å². The van der Waals surface area contributed by atoms with Crippen molar-refractivity contribution in [3.63, 3.8) is 0 Å². The molecule has 1 fully saturated rings. The molecule has 0 aliphatic carbocycles. The molecule has 6 nitrogen and oxygen atoms in total. The van der Waals surface area contributed by atoms with E-state index in [1.807, 2.05) is 4.90 Å². The first-order chi connectivity index (χ1) is 12.0. The molecule has 0 saturated carbocycles. The largest absolute Gasteiger partial charge is 0.501 e. The molecule has 1 amide bonds. The van der Waals surface area contributed by atoms with Crippen molar-refractivity contribution in [2.24, 2.45) is 0 Å². The van der Waals surface area contributed by atoms with E-state index in [0.717, 1.165) is 12.1 Å². The number of nitrogens with zero attached hydrogens (tertiary/aromatic N) is 2. The van der Waals surface area contributed by atoms with E-state index in [2.05, 4.69) is 5.32 Å². The second-order valence-corrected chi connectivity index (χ2v) is 7.77. The zero-order chi connectivity index (χ0) is 19.5. The highest BCUT2D eigenvalue weighted by molar-refractivity contribution is 7.92. The number of carbonyl (C=O) groups is 1. The summed E-state index contributed by atoms with van der Waals surface area (Å²) in [5.74, 6) is -1.09. The van der Waals surface area contributed by atoms with Crippen LogP contribution in [0, 0.1) is 5.82 Å². The molecule has 0 spiro atoms. The number of alkyl halides is 3. The van der Waals surface area contributed by atoms with Gasteiger partial charge in [-0.15, -0.1) is 0 Å². The summed E-state index contributed by atoms with van der Waals surface area (Å²) in [6.07, 6.45) is 0. The maximum absolute atomic E-state index is 13.3. The molecule has 0 atom stereocenters. The molecule has 1 saturated heterocycles. The van der Waals surface area contributed by atoms with E-state index < -0.39 is 26.1 Å². The van der Waals surface area contributed by atoms with Crippen LogP contribution in [0.4, 0.5) is 23.2 Å². The Labute approximate surface area is 148 Å². The Bertz CT molecular complexity index is 760. The van der Waals surface area contributed by atoms with Crippen LogP contribution in [0.5, 0.6) is 0 Å². The lowest BCUT2D eigenvalue weighted by atomic mass is 10.3. The van der Waals surface area contributed by atoms with Gasteiger partial charge in [-0.1, -0.05) is 0 Å². The molecular formula is C15H19F4N3O3S. The van der Waals surface area contributed by atoms with E-state index in [1.165, 1.54) is 6.92 Å². The maximum Gasteiger partial charge on any atom is 0.501 e. The first-order valence-corrected chi connectivity index (χ1v) is 9.33. The van der Waals surface area contributed by atoms with Crippen molar-refractivity contribution in [3.8, 4) is 0 Å². The molecule has 1 aromatic carbocycles. The summed E-state index contributed by atoms with van der Waals surface area (Å²) in [4.78, 5) is 13.8. The summed E-state index contributed by atoms with van der Waals surface area (Å²) < 4.78 is 74.8. The monoisotopic (exact) mass is 397 g/mol. The summed E-state index contributed by atoms with van der Waals surface area (Å²) in [6, 6.07) is 2.22. The number of benzene rings is 1. The average Bonchev–Trinajstić information content (AvgIpc) is 2.55. The fourth-order valence-electron chi connectivity index (χ4n) is 2.62. The van der Waals surface area contributed by atoms with Crippen LogP contribution in [0.3, 0.4) is 0 Å². The number of hydrogen-bond acceptors (Lipinski definition) is 5. The van der Waals surface area contributed by atoms with Crippen molar-refractivity contribution in [2.75, 3.05) is 44.6 Å². The molecule has 0 bridgehead atoms. The third-order valence-electron chi connectivity index (χ3n) is 4.10. The smallest absolute Gasteiger partial charge is 0.383 e. The predicted octanol–water partition coefficient (Wildman–Crippen LogP) is 1.70. The number of hydrogen-bond donors (Lipinski definition) is 1. The molecule has 1 heterocycles. The van der Waals surface area contributed by atoms with Gasteiger partial charge in [0.25, 0.3) is 9.84 Å². The number of anilines is 1. The second kappa shape index (κ2) is 7.78. The van der Waals surface area contributed by atoms with E-state index in [-0.39, 0.29) is 18.1 Å². The molecule has 1 aliphatic heterocycles. The van der Waals surface area contributed by atoms with Crippen LogP contribution in [-0.4, -0.2) is 68.9 Å². The van der Waals surface area contributed by atoms with Crippen molar-refractivity contribution in [1.82, 2.24) is 9.80 Å². The third-order valence-corrected chi connectivity index (χ3v) is 5.63. The minimum absolute atomic E-state index is 0.0175. The summed E-state index contributed by atoms with van der Waals surface area (Å²) in [7, 11) is -5.66. The Morgan fingerprint density at radius 3 is 2.35 bits per heavy atom. The van der Waals surface area contributed by atoms with E-state index in [0.29, 0.717) is 38.8 Å². The molecule has 146 valence electrons. The number of amides is 1. The SMILES string of the molecule is CC(=O)N1CCN(CCNc2ccc(F)cc2S(=O)(=O)C(F)(F)F)CC1. The Hall–Kier alpha value is -1.88. The van der Waals surface area contributed by atoms with Crippen molar-refractivity contribution in [3.05, 3.63) is 24.0 Å². The number of carbonyl (C=O) groups excluding carboxylic acids is 1. The molecular weight excluding hydrogens is 378 g/mol. The standard InChI is InChI=1S/C15H19F4N3O3S/c1-11(23)22-8-6-21(7-9-22)5-4-20-13-3-2-12(16)10-14(13)26(24,25)15(17,18)19/h2-3,10,20H,4-9H2,1H3. The summed E-state index contributed by atoms with van der Waals surface area (Å²) in [5, 5.41) is 2.63. The highest BCUT2D eigenvalue weighted by Crippen LogP contribution is 2.34. The second-order valence-electron chi connectivity index (χ2n) is 5.86. The van der Waals surface area contributed by atoms with Crippen LogP contribution >= 0.6 is 0 Å². The normalized spacial score (nSPS) is 16.6. The van der Waals surface area contributed by atoms with Crippen LogP contribution < -0.4 is 5.32 Å². The van der Waals surface area contributed by atoms with Gasteiger partial charge in [0.1, 0.15) is 10.7 Å². The Morgan fingerprint density at radius 1 is 1.19 bits per heavy atom. The van der Waals surface area contributed by atoms with Crippen molar-refractivity contribution >= 4 is 21.4 Å². The number of piperazine rings is 1. The Kier molecular flexibility index (Phi) is 6.12.